The number of hydrogen-bond donors (Lipinski definition) is 1. The summed E-state index contributed by atoms with van der Waals surface area (Å²) in [6.45, 7) is 4.64. The summed E-state index contributed by atoms with van der Waals surface area (Å²) in [7, 11) is -7.33. The third-order valence-electron chi connectivity index (χ3n) is 4.90. The second kappa shape index (κ2) is 9.25. The molecular formula is C20H25N3O7S2. The van der Waals surface area contributed by atoms with Crippen molar-refractivity contribution in [2.45, 2.75) is 37.8 Å². The summed E-state index contributed by atoms with van der Waals surface area (Å²) in [6, 6.07) is 8.01. The second-order valence-corrected chi connectivity index (χ2v) is 11.4. The van der Waals surface area contributed by atoms with Crippen LogP contribution in [0.25, 0.3) is 0 Å². The fraction of sp³-hybridized carbons (Fsp3) is 0.350. The number of nitrogens with one attached hydrogen (secondary N) is 1. The van der Waals surface area contributed by atoms with Crippen LogP contribution in [0.1, 0.15) is 31.0 Å². The van der Waals surface area contributed by atoms with Gasteiger partial charge in [0.2, 0.25) is 15.9 Å². The molecule has 0 heterocycles. The van der Waals surface area contributed by atoms with Crippen molar-refractivity contribution in [3.63, 3.8) is 0 Å². The Morgan fingerprint density at radius 1 is 1.03 bits per heavy atom. The largest absolute Gasteiger partial charge is 0.348 e. The van der Waals surface area contributed by atoms with Crippen LogP contribution in [0.15, 0.2) is 47.4 Å². The second-order valence-electron chi connectivity index (χ2n) is 7.53. The number of sulfone groups is 1. The number of nitro groups is 1. The molecule has 0 aliphatic heterocycles. The SMILES string of the molecule is Cc1ccc([N+](=O)[O-])cc1N([C@H](C)C(=O)N[C@@H](C)c1ccc(S(C)(=O)=O)cc1)S(C)(=O)=O. The molecule has 0 spiro atoms. The van der Waals surface area contributed by atoms with E-state index in [1.165, 1.54) is 31.2 Å². The third kappa shape index (κ3) is 5.82. The highest BCUT2D eigenvalue weighted by atomic mass is 32.2. The molecule has 174 valence electrons. The van der Waals surface area contributed by atoms with Crippen LogP contribution in [0.5, 0.6) is 0 Å². The maximum Gasteiger partial charge on any atom is 0.271 e. The number of nitrogens with zero attached hydrogens (tertiary/aromatic N) is 2. The highest BCUT2D eigenvalue weighted by Crippen LogP contribution is 2.29. The quantitative estimate of drug-likeness (QED) is 0.448. The zero-order valence-electron chi connectivity index (χ0n) is 18.3. The molecule has 0 aliphatic rings. The lowest BCUT2D eigenvalue weighted by atomic mass is 10.1. The van der Waals surface area contributed by atoms with Gasteiger partial charge in [0.1, 0.15) is 6.04 Å². The van der Waals surface area contributed by atoms with Gasteiger partial charge in [0, 0.05) is 18.4 Å². The molecule has 0 aromatic heterocycles. The van der Waals surface area contributed by atoms with Crippen LogP contribution in [0.2, 0.25) is 0 Å². The zero-order chi connectivity index (χ0) is 24.4. The fourth-order valence-electron chi connectivity index (χ4n) is 3.15. The Bertz CT molecular complexity index is 1240. The Kier molecular flexibility index (Phi) is 7.30. The molecule has 2 aromatic rings. The Morgan fingerprint density at radius 2 is 1.59 bits per heavy atom. The number of carbonyl (C=O) groups is 1. The summed E-state index contributed by atoms with van der Waals surface area (Å²) in [6.07, 6.45) is 2.01. The van der Waals surface area contributed by atoms with Gasteiger partial charge in [-0.25, -0.2) is 16.8 Å². The van der Waals surface area contributed by atoms with Gasteiger partial charge in [0.15, 0.2) is 9.84 Å². The normalized spacial score (nSPS) is 13.8. The molecule has 1 N–H and O–H groups in total. The lowest BCUT2D eigenvalue weighted by Crippen LogP contribution is -2.48. The van der Waals surface area contributed by atoms with Crippen LogP contribution in [-0.4, -0.2) is 46.2 Å². The van der Waals surface area contributed by atoms with E-state index in [1.54, 1.807) is 26.0 Å². The van der Waals surface area contributed by atoms with Gasteiger partial charge in [-0.2, -0.15) is 0 Å². The van der Waals surface area contributed by atoms with Crippen LogP contribution < -0.4 is 9.62 Å². The van der Waals surface area contributed by atoms with E-state index in [2.05, 4.69) is 5.32 Å². The first-order valence-electron chi connectivity index (χ1n) is 9.47. The molecule has 2 aromatic carbocycles. The molecule has 0 bridgehead atoms. The molecule has 10 nitrogen and oxygen atoms in total. The number of anilines is 1. The highest BCUT2D eigenvalue weighted by Gasteiger charge is 2.32. The van der Waals surface area contributed by atoms with Crippen molar-refractivity contribution < 1.29 is 26.6 Å². The molecule has 0 fully saturated rings. The number of aryl methyl sites for hydroxylation is 1. The maximum atomic E-state index is 12.9. The van der Waals surface area contributed by atoms with Crippen LogP contribution in [-0.2, 0) is 24.7 Å². The Morgan fingerprint density at radius 3 is 2.06 bits per heavy atom. The van der Waals surface area contributed by atoms with Crippen molar-refractivity contribution in [2.24, 2.45) is 0 Å². The van der Waals surface area contributed by atoms with Gasteiger partial charge in [-0.05, 0) is 44.0 Å². The monoisotopic (exact) mass is 483 g/mol. The zero-order valence-corrected chi connectivity index (χ0v) is 19.9. The van der Waals surface area contributed by atoms with E-state index in [0.29, 0.717) is 11.1 Å². The van der Waals surface area contributed by atoms with Gasteiger partial charge in [-0.3, -0.25) is 19.2 Å². The average Bonchev–Trinajstić information content (AvgIpc) is 2.67. The molecule has 2 rings (SSSR count). The van der Waals surface area contributed by atoms with E-state index in [-0.39, 0.29) is 16.3 Å². The molecule has 32 heavy (non-hydrogen) atoms. The molecular weight excluding hydrogens is 458 g/mol. The number of sulfonamides is 1. The molecule has 1 amide bonds. The Labute approximate surface area is 187 Å². The number of carbonyl (C=O) groups excluding carboxylic acids is 1. The molecule has 0 aliphatic carbocycles. The van der Waals surface area contributed by atoms with E-state index in [0.717, 1.165) is 22.9 Å². The smallest absolute Gasteiger partial charge is 0.271 e. The number of hydrogen-bond acceptors (Lipinski definition) is 7. The predicted octanol–water partition coefficient (Wildman–Crippen LogP) is 2.34. The van der Waals surface area contributed by atoms with Crippen molar-refractivity contribution in [3.8, 4) is 0 Å². The van der Waals surface area contributed by atoms with Crippen molar-refractivity contribution in [3.05, 3.63) is 63.7 Å². The molecule has 0 saturated heterocycles. The third-order valence-corrected chi connectivity index (χ3v) is 7.25. The lowest BCUT2D eigenvalue weighted by molar-refractivity contribution is -0.384. The molecule has 0 saturated carbocycles. The first-order chi connectivity index (χ1) is 14.6. The number of benzene rings is 2. The van der Waals surface area contributed by atoms with Gasteiger partial charge in [-0.1, -0.05) is 18.2 Å². The summed E-state index contributed by atoms with van der Waals surface area (Å²) in [5.74, 6) is -0.624. The molecule has 0 radical (unpaired) electrons. The van der Waals surface area contributed by atoms with Gasteiger partial charge >= 0.3 is 0 Å². The van der Waals surface area contributed by atoms with Gasteiger partial charge in [0.05, 0.1) is 27.8 Å². The minimum atomic E-state index is -3.97. The minimum Gasteiger partial charge on any atom is -0.348 e. The van der Waals surface area contributed by atoms with Crippen LogP contribution in [0, 0.1) is 17.0 Å². The van der Waals surface area contributed by atoms with E-state index >= 15 is 0 Å². The summed E-state index contributed by atoms with van der Waals surface area (Å²) < 4.78 is 49.1. The predicted molar refractivity (Wildman–Crippen MR) is 121 cm³/mol. The Hall–Kier alpha value is -2.99. The highest BCUT2D eigenvalue weighted by molar-refractivity contribution is 7.92. The minimum absolute atomic E-state index is 0.0366. The summed E-state index contributed by atoms with van der Waals surface area (Å²) in [5.41, 5.74) is 0.807. The number of rotatable bonds is 8. The fourth-order valence-corrected chi connectivity index (χ4v) is 5.01. The average molecular weight is 484 g/mol. The van der Waals surface area contributed by atoms with Crippen molar-refractivity contribution >= 4 is 37.1 Å². The first kappa shape index (κ1) is 25.3. The summed E-state index contributed by atoms with van der Waals surface area (Å²) in [4.78, 5) is 23.5. The topological polar surface area (TPSA) is 144 Å². The van der Waals surface area contributed by atoms with Crippen LogP contribution >= 0.6 is 0 Å². The molecule has 12 heteroatoms. The van der Waals surface area contributed by atoms with Crippen molar-refractivity contribution in [2.75, 3.05) is 16.8 Å². The summed E-state index contributed by atoms with van der Waals surface area (Å²) in [5, 5.41) is 13.9. The van der Waals surface area contributed by atoms with E-state index in [4.69, 9.17) is 0 Å². The van der Waals surface area contributed by atoms with E-state index in [1.807, 2.05) is 0 Å². The van der Waals surface area contributed by atoms with E-state index in [9.17, 15) is 31.7 Å². The number of amides is 1. The van der Waals surface area contributed by atoms with Gasteiger partial charge in [0.25, 0.3) is 5.69 Å². The van der Waals surface area contributed by atoms with E-state index < -0.39 is 42.8 Å². The van der Waals surface area contributed by atoms with Crippen LogP contribution in [0.3, 0.4) is 0 Å². The summed E-state index contributed by atoms with van der Waals surface area (Å²) >= 11 is 0. The number of non-ortho nitro benzene ring substituents is 1. The molecule has 0 unspecified atom stereocenters. The Balaban J connectivity index is 2.33. The van der Waals surface area contributed by atoms with Crippen LogP contribution in [0.4, 0.5) is 11.4 Å². The first-order valence-corrected chi connectivity index (χ1v) is 13.2. The molecule has 2 atom stereocenters. The van der Waals surface area contributed by atoms with Crippen molar-refractivity contribution in [1.29, 1.82) is 0 Å². The van der Waals surface area contributed by atoms with Gasteiger partial charge in [-0.15, -0.1) is 0 Å². The lowest BCUT2D eigenvalue weighted by Gasteiger charge is -2.30. The maximum absolute atomic E-state index is 12.9. The standard InChI is InChI=1S/C20H25N3O7S2/c1-13-6-9-17(23(25)26)12-19(13)22(32(5,29)30)15(3)20(24)21-14(2)16-7-10-18(11-8-16)31(4,27)28/h6-12,14-15H,1-5H3,(H,21,24)/t14-,15+/m0/s1. The van der Waals surface area contributed by atoms with Gasteiger partial charge < -0.3 is 5.32 Å². The number of nitro benzene ring substituents is 1. The van der Waals surface area contributed by atoms with Crippen molar-refractivity contribution in [1.82, 2.24) is 5.32 Å².